The van der Waals surface area contributed by atoms with Gasteiger partial charge in [-0.15, -0.1) is 0 Å². The number of hydrogen-bond donors (Lipinski definition) is 2. The van der Waals surface area contributed by atoms with E-state index < -0.39 is 0 Å². The molecule has 132 valence electrons. The van der Waals surface area contributed by atoms with Gasteiger partial charge in [-0.05, 0) is 81.7 Å². The second-order valence-corrected chi connectivity index (χ2v) is 8.04. The summed E-state index contributed by atoms with van der Waals surface area (Å²) < 4.78 is 6.16. The molecule has 1 aliphatic rings. The van der Waals surface area contributed by atoms with E-state index in [1.807, 2.05) is 0 Å². The molecule has 0 fully saturated rings. The fourth-order valence-corrected chi connectivity index (χ4v) is 3.72. The monoisotopic (exact) mass is 354 g/mol. The predicted molar refractivity (Wildman–Crippen MR) is 109 cm³/mol. The first-order chi connectivity index (χ1) is 11.7. The van der Waals surface area contributed by atoms with E-state index in [1.165, 1.54) is 16.7 Å². The van der Waals surface area contributed by atoms with Gasteiger partial charge in [0, 0.05) is 17.7 Å². The van der Waals surface area contributed by atoms with Gasteiger partial charge in [-0.25, -0.2) is 0 Å². The first-order valence-electron chi connectivity index (χ1n) is 8.67. The smallest absolute Gasteiger partial charge is 0.171 e. The Balaban J connectivity index is 1.79. The number of rotatable bonds is 2. The van der Waals surface area contributed by atoms with Crippen molar-refractivity contribution in [3.8, 4) is 5.75 Å². The lowest BCUT2D eigenvalue weighted by molar-refractivity contribution is 0.0696. The van der Waals surface area contributed by atoms with Crippen LogP contribution in [0.2, 0.25) is 0 Å². The van der Waals surface area contributed by atoms with Gasteiger partial charge < -0.3 is 15.4 Å². The number of benzene rings is 2. The predicted octanol–water partition coefficient (Wildman–Crippen LogP) is 5.20. The zero-order valence-electron chi connectivity index (χ0n) is 15.6. The van der Waals surface area contributed by atoms with Crippen LogP contribution in [0.25, 0.3) is 0 Å². The normalized spacial score (nSPS) is 18.0. The van der Waals surface area contributed by atoms with E-state index in [0.717, 1.165) is 23.4 Å². The largest absolute Gasteiger partial charge is 0.487 e. The van der Waals surface area contributed by atoms with Crippen LogP contribution in [0.3, 0.4) is 0 Å². The van der Waals surface area contributed by atoms with Crippen molar-refractivity contribution in [2.24, 2.45) is 0 Å². The highest BCUT2D eigenvalue weighted by atomic mass is 32.1. The molecule has 0 saturated carbocycles. The molecule has 2 aromatic rings. The Labute approximate surface area is 155 Å². The molecule has 0 bridgehead atoms. The molecule has 0 unspecified atom stereocenters. The molecule has 0 aromatic heterocycles. The molecule has 0 radical (unpaired) electrons. The third-order valence-electron chi connectivity index (χ3n) is 4.41. The van der Waals surface area contributed by atoms with Crippen molar-refractivity contribution >= 4 is 23.0 Å². The Hall–Kier alpha value is -2.07. The summed E-state index contributed by atoms with van der Waals surface area (Å²) in [7, 11) is 0. The van der Waals surface area contributed by atoms with Crippen molar-refractivity contribution < 1.29 is 4.74 Å². The Morgan fingerprint density at radius 3 is 2.40 bits per heavy atom. The molecule has 0 saturated heterocycles. The number of thiocarbonyl (C=S) groups is 1. The van der Waals surface area contributed by atoms with Gasteiger partial charge in [0.15, 0.2) is 5.11 Å². The van der Waals surface area contributed by atoms with Crippen LogP contribution in [0.1, 0.15) is 48.6 Å². The summed E-state index contributed by atoms with van der Waals surface area (Å²) in [5.41, 5.74) is 5.59. The van der Waals surface area contributed by atoms with Crippen LogP contribution >= 0.6 is 12.2 Å². The molecular formula is C21H26N2OS. The van der Waals surface area contributed by atoms with Gasteiger partial charge in [0.05, 0.1) is 6.04 Å². The minimum Gasteiger partial charge on any atom is -0.487 e. The maximum Gasteiger partial charge on any atom is 0.171 e. The summed E-state index contributed by atoms with van der Waals surface area (Å²) in [5.74, 6) is 0.947. The Morgan fingerprint density at radius 2 is 1.72 bits per heavy atom. The highest BCUT2D eigenvalue weighted by Gasteiger charge is 2.34. The van der Waals surface area contributed by atoms with Crippen LogP contribution in [0, 0.1) is 20.8 Å². The maximum atomic E-state index is 6.16. The summed E-state index contributed by atoms with van der Waals surface area (Å²) in [4.78, 5) is 0. The number of fused-ring (bicyclic) bond motifs is 1. The van der Waals surface area contributed by atoms with Gasteiger partial charge in [0.25, 0.3) is 0 Å². The van der Waals surface area contributed by atoms with Crippen molar-refractivity contribution in [2.75, 3.05) is 5.32 Å². The van der Waals surface area contributed by atoms with Crippen molar-refractivity contribution in [3.05, 3.63) is 58.7 Å². The molecule has 0 amide bonds. The summed E-state index contributed by atoms with van der Waals surface area (Å²) in [5, 5.41) is 7.44. The molecule has 1 heterocycles. The zero-order chi connectivity index (χ0) is 18.2. The standard InChI is InChI=1S/C21H26N2OS/c1-13-6-7-17-18(12-21(4,5)24-19(17)11-13)23-20(25)22-16-9-14(2)8-15(3)10-16/h6-11,18H,12H2,1-5H3,(H2,22,23,25)/t18-/m1/s1. The maximum absolute atomic E-state index is 6.16. The lowest BCUT2D eigenvalue weighted by atomic mass is 9.89. The first-order valence-corrected chi connectivity index (χ1v) is 9.08. The van der Waals surface area contributed by atoms with Crippen LogP contribution in [0.4, 0.5) is 5.69 Å². The summed E-state index contributed by atoms with van der Waals surface area (Å²) >= 11 is 5.57. The van der Waals surface area contributed by atoms with E-state index in [4.69, 9.17) is 17.0 Å². The van der Waals surface area contributed by atoms with Crippen molar-refractivity contribution in [1.82, 2.24) is 5.32 Å². The number of nitrogens with one attached hydrogen (secondary N) is 2. The van der Waals surface area contributed by atoms with E-state index in [9.17, 15) is 0 Å². The van der Waals surface area contributed by atoms with Gasteiger partial charge in [-0.3, -0.25) is 0 Å². The Morgan fingerprint density at radius 1 is 1.04 bits per heavy atom. The highest BCUT2D eigenvalue weighted by Crippen LogP contribution is 2.39. The average Bonchev–Trinajstić information content (AvgIpc) is 2.43. The number of anilines is 1. The van der Waals surface area contributed by atoms with Gasteiger partial charge >= 0.3 is 0 Å². The van der Waals surface area contributed by atoms with E-state index >= 15 is 0 Å². The quantitative estimate of drug-likeness (QED) is 0.726. The topological polar surface area (TPSA) is 33.3 Å². The molecule has 25 heavy (non-hydrogen) atoms. The molecule has 2 aromatic carbocycles. The van der Waals surface area contributed by atoms with Crippen LogP contribution < -0.4 is 15.4 Å². The molecule has 3 nitrogen and oxygen atoms in total. The highest BCUT2D eigenvalue weighted by molar-refractivity contribution is 7.80. The molecule has 0 aliphatic carbocycles. The molecule has 3 rings (SSSR count). The van der Waals surface area contributed by atoms with Crippen LogP contribution in [-0.2, 0) is 0 Å². The third kappa shape index (κ3) is 4.31. The minimum absolute atomic E-state index is 0.130. The lowest BCUT2D eigenvalue weighted by Crippen LogP contribution is -2.42. The Kier molecular flexibility index (Phi) is 4.74. The van der Waals surface area contributed by atoms with Crippen molar-refractivity contribution in [1.29, 1.82) is 0 Å². The van der Waals surface area contributed by atoms with E-state index in [1.54, 1.807) is 0 Å². The molecule has 2 N–H and O–H groups in total. The van der Waals surface area contributed by atoms with Gasteiger partial charge in [0.1, 0.15) is 11.4 Å². The molecule has 1 aliphatic heterocycles. The zero-order valence-corrected chi connectivity index (χ0v) is 16.4. The van der Waals surface area contributed by atoms with Crippen molar-refractivity contribution in [3.63, 3.8) is 0 Å². The lowest BCUT2D eigenvalue weighted by Gasteiger charge is -2.38. The minimum atomic E-state index is -0.228. The van der Waals surface area contributed by atoms with E-state index in [0.29, 0.717) is 5.11 Å². The number of aryl methyl sites for hydroxylation is 3. The Bertz CT molecular complexity index is 793. The third-order valence-corrected chi connectivity index (χ3v) is 4.63. The fraction of sp³-hybridized carbons (Fsp3) is 0.381. The average molecular weight is 355 g/mol. The van der Waals surface area contributed by atoms with Gasteiger partial charge in [-0.2, -0.15) is 0 Å². The van der Waals surface area contributed by atoms with Gasteiger partial charge in [-0.1, -0.05) is 18.2 Å². The van der Waals surface area contributed by atoms with Gasteiger partial charge in [0.2, 0.25) is 0 Å². The van der Waals surface area contributed by atoms with E-state index in [2.05, 4.69) is 81.7 Å². The molecule has 0 spiro atoms. The molecule has 4 heteroatoms. The summed E-state index contributed by atoms with van der Waals surface area (Å²) in [6, 6.07) is 12.8. The van der Waals surface area contributed by atoms with Crippen LogP contribution in [0.15, 0.2) is 36.4 Å². The SMILES string of the molecule is Cc1cc(C)cc(NC(=S)N[C@@H]2CC(C)(C)Oc3cc(C)ccc32)c1. The summed E-state index contributed by atoms with van der Waals surface area (Å²) in [6.07, 6.45) is 0.859. The molecular weight excluding hydrogens is 328 g/mol. The van der Waals surface area contributed by atoms with Crippen LogP contribution in [0.5, 0.6) is 5.75 Å². The van der Waals surface area contributed by atoms with Crippen molar-refractivity contribution in [2.45, 2.75) is 52.7 Å². The number of ether oxygens (including phenoxy) is 1. The first kappa shape index (κ1) is 17.7. The summed E-state index contributed by atoms with van der Waals surface area (Å²) in [6.45, 7) is 10.5. The molecule has 1 atom stereocenters. The van der Waals surface area contributed by atoms with Crippen LogP contribution in [-0.4, -0.2) is 10.7 Å². The van der Waals surface area contributed by atoms with E-state index in [-0.39, 0.29) is 11.6 Å². The number of hydrogen-bond acceptors (Lipinski definition) is 2. The second kappa shape index (κ2) is 6.68. The second-order valence-electron chi connectivity index (χ2n) is 7.63. The fourth-order valence-electron chi connectivity index (χ4n) is 3.46.